The maximum atomic E-state index is 13.1. The molecule has 1 aromatic heterocycles. The van der Waals surface area contributed by atoms with E-state index in [0.29, 0.717) is 16.0 Å². The Morgan fingerprint density at radius 2 is 1.97 bits per heavy atom. The monoisotopic (exact) mass is 438 g/mol. The second-order valence-electron chi connectivity index (χ2n) is 7.59. The zero-order valence-electron chi connectivity index (χ0n) is 17.0. The normalized spacial score (nSPS) is 18.5. The summed E-state index contributed by atoms with van der Waals surface area (Å²) >= 11 is 1.20. The highest BCUT2D eigenvalue weighted by molar-refractivity contribution is 7.99. The SMILES string of the molecule is C[C@@H]1CCCC[C@H]1NC(=O)c1cc([N+](=O)[O-])ccc1Sc1nnnn1-c1ccccc1. The van der Waals surface area contributed by atoms with Crippen LogP contribution in [0.5, 0.6) is 0 Å². The summed E-state index contributed by atoms with van der Waals surface area (Å²) in [7, 11) is 0. The molecule has 10 heteroatoms. The van der Waals surface area contributed by atoms with E-state index >= 15 is 0 Å². The van der Waals surface area contributed by atoms with Gasteiger partial charge in [-0.05, 0) is 59.1 Å². The molecule has 4 rings (SSSR count). The lowest BCUT2D eigenvalue weighted by molar-refractivity contribution is -0.384. The fourth-order valence-electron chi connectivity index (χ4n) is 3.75. The van der Waals surface area contributed by atoms with Gasteiger partial charge in [-0.2, -0.15) is 4.68 Å². The van der Waals surface area contributed by atoms with E-state index in [2.05, 4.69) is 27.8 Å². The number of nitrogens with zero attached hydrogens (tertiary/aromatic N) is 5. The Hall–Kier alpha value is -3.27. The number of para-hydroxylation sites is 1. The Labute approximate surface area is 183 Å². The molecule has 3 aromatic rings. The molecule has 0 bridgehead atoms. The van der Waals surface area contributed by atoms with Crippen LogP contribution in [-0.2, 0) is 0 Å². The second-order valence-corrected chi connectivity index (χ2v) is 8.60. The number of hydrogen-bond donors (Lipinski definition) is 1. The lowest BCUT2D eigenvalue weighted by Gasteiger charge is -2.29. The van der Waals surface area contributed by atoms with Crippen LogP contribution < -0.4 is 5.32 Å². The van der Waals surface area contributed by atoms with Gasteiger partial charge in [0.25, 0.3) is 11.6 Å². The van der Waals surface area contributed by atoms with E-state index < -0.39 is 4.92 Å². The third-order valence-corrected chi connectivity index (χ3v) is 6.50. The van der Waals surface area contributed by atoms with E-state index in [1.807, 2.05) is 30.3 Å². The van der Waals surface area contributed by atoms with Gasteiger partial charge in [-0.15, -0.1) is 5.10 Å². The van der Waals surface area contributed by atoms with Crippen LogP contribution in [0.15, 0.2) is 58.6 Å². The highest BCUT2D eigenvalue weighted by Gasteiger charge is 2.26. The maximum absolute atomic E-state index is 13.1. The van der Waals surface area contributed by atoms with Crippen molar-refractivity contribution in [1.82, 2.24) is 25.5 Å². The van der Waals surface area contributed by atoms with E-state index in [4.69, 9.17) is 0 Å². The Bertz CT molecular complexity index is 1090. The quantitative estimate of drug-likeness (QED) is 0.456. The molecule has 2 aromatic carbocycles. The van der Waals surface area contributed by atoms with Crippen LogP contribution in [0.3, 0.4) is 0 Å². The van der Waals surface area contributed by atoms with Gasteiger partial charge in [-0.25, -0.2) is 0 Å². The predicted molar refractivity (Wildman–Crippen MR) is 115 cm³/mol. The Morgan fingerprint density at radius 1 is 1.19 bits per heavy atom. The molecule has 1 aliphatic carbocycles. The first kappa shape index (κ1) is 21.0. The van der Waals surface area contributed by atoms with Crippen molar-refractivity contribution in [2.75, 3.05) is 0 Å². The summed E-state index contributed by atoms with van der Waals surface area (Å²) in [5.41, 5.74) is 0.896. The van der Waals surface area contributed by atoms with E-state index in [1.165, 1.54) is 23.9 Å². The lowest BCUT2D eigenvalue weighted by Crippen LogP contribution is -2.41. The Morgan fingerprint density at radius 3 is 2.71 bits per heavy atom. The van der Waals surface area contributed by atoms with Gasteiger partial charge in [0.05, 0.1) is 16.2 Å². The number of hydrogen-bond acceptors (Lipinski definition) is 7. The highest BCUT2D eigenvalue weighted by atomic mass is 32.2. The van der Waals surface area contributed by atoms with Crippen LogP contribution in [0.4, 0.5) is 5.69 Å². The second kappa shape index (κ2) is 9.25. The Balaban J connectivity index is 1.65. The smallest absolute Gasteiger partial charge is 0.270 e. The number of nitro groups is 1. The first-order valence-electron chi connectivity index (χ1n) is 10.1. The number of benzene rings is 2. The fraction of sp³-hybridized carbons (Fsp3) is 0.333. The molecule has 1 N–H and O–H groups in total. The molecule has 1 aliphatic rings. The van der Waals surface area contributed by atoms with E-state index in [1.54, 1.807) is 10.7 Å². The number of carbonyl (C=O) groups excluding carboxylic acids is 1. The van der Waals surface area contributed by atoms with Crippen molar-refractivity contribution < 1.29 is 9.72 Å². The van der Waals surface area contributed by atoms with Crippen LogP contribution in [0.2, 0.25) is 0 Å². The van der Waals surface area contributed by atoms with E-state index in [9.17, 15) is 14.9 Å². The molecule has 0 saturated heterocycles. The molecular formula is C21H22N6O3S. The zero-order valence-corrected chi connectivity index (χ0v) is 17.8. The molecule has 9 nitrogen and oxygen atoms in total. The molecule has 1 fully saturated rings. The first-order chi connectivity index (χ1) is 15.0. The van der Waals surface area contributed by atoms with Gasteiger partial charge in [0.1, 0.15) is 0 Å². The number of non-ortho nitro benzene ring substituents is 1. The van der Waals surface area contributed by atoms with Crippen molar-refractivity contribution in [2.24, 2.45) is 5.92 Å². The van der Waals surface area contributed by atoms with Gasteiger partial charge in [-0.3, -0.25) is 14.9 Å². The third kappa shape index (κ3) is 4.74. The van der Waals surface area contributed by atoms with Crippen molar-refractivity contribution in [3.63, 3.8) is 0 Å². The number of nitrogens with one attached hydrogen (secondary N) is 1. The van der Waals surface area contributed by atoms with Crippen molar-refractivity contribution in [2.45, 2.75) is 48.7 Å². The van der Waals surface area contributed by atoms with E-state index in [-0.39, 0.29) is 23.2 Å². The van der Waals surface area contributed by atoms with Gasteiger partial charge in [0.2, 0.25) is 5.16 Å². The summed E-state index contributed by atoms with van der Waals surface area (Å²) < 4.78 is 1.57. The van der Waals surface area contributed by atoms with Crippen LogP contribution in [-0.4, -0.2) is 37.1 Å². The largest absolute Gasteiger partial charge is 0.349 e. The standard InChI is InChI=1S/C21H22N6O3S/c1-14-7-5-6-10-18(14)22-20(28)17-13-16(27(29)30)11-12-19(17)31-21-23-24-25-26(21)15-8-3-2-4-9-15/h2-4,8-9,11-14,18H,5-7,10H2,1H3,(H,22,28)/t14-,18-/m1/s1. The Kier molecular flexibility index (Phi) is 6.26. The lowest BCUT2D eigenvalue weighted by atomic mass is 9.86. The third-order valence-electron chi connectivity index (χ3n) is 5.49. The van der Waals surface area contributed by atoms with Gasteiger partial charge >= 0.3 is 0 Å². The molecule has 0 unspecified atom stereocenters. The summed E-state index contributed by atoms with van der Waals surface area (Å²) in [5.74, 6) is 0.0570. The number of rotatable bonds is 6. The molecule has 2 atom stereocenters. The number of nitro benzene ring substituents is 1. The van der Waals surface area contributed by atoms with Gasteiger partial charge in [-0.1, -0.05) is 38.0 Å². The number of amides is 1. The molecule has 1 amide bonds. The highest BCUT2D eigenvalue weighted by Crippen LogP contribution is 2.33. The van der Waals surface area contributed by atoms with Crippen LogP contribution >= 0.6 is 11.8 Å². The molecule has 0 aliphatic heterocycles. The minimum atomic E-state index is -0.498. The molecule has 0 spiro atoms. The van der Waals surface area contributed by atoms with Crippen molar-refractivity contribution >= 4 is 23.4 Å². The van der Waals surface area contributed by atoms with Crippen molar-refractivity contribution in [1.29, 1.82) is 0 Å². The molecule has 1 saturated carbocycles. The van der Waals surface area contributed by atoms with Crippen LogP contribution in [0.1, 0.15) is 43.0 Å². The van der Waals surface area contributed by atoms with Crippen LogP contribution in [0.25, 0.3) is 5.69 Å². The topological polar surface area (TPSA) is 116 Å². The minimum Gasteiger partial charge on any atom is -0.349 e. The number of aromatic nitrogens is 4. The summed E-state index contributed by atoms with van der Waals surface area (Å²) in [6, 6.07) is 13.7. The summed E-state index contributed by atoms with van der Waals surface area (Å²) in [4.78, 5) is 24.5. The van der Waals surface area contributed by atoms with Gasteiger partial charge < -0.3 is 5.32 Å². The molecule has 1 heterocycles. The average molecular weight is 439 g/mol. The molecule has 0 radical (unpaired) electrons. The molecule has 160 valence electrons. The van der Waals surface area contributed by atoms with Crippen molar-refractivity contribution in [3.05, 3.63) is 64.2 Å². The van der Waals surface area contributed by atoms with E-state index in [0.717, 1.165) is 31.4 Å². The van der Waals surface area contributed by atoms with Crippen LogP contribution in [0, 0.1) is 16.0 Å². The summed E-state index contributed by atoms with van der Waals surface area (Å²) in [5, 5.41) is 26.7. The number of tetrazole rings is 1. The van der Waals surface area contributed by atoms with Gasteiger partial charge in [0.15, 0.2) is 0 Å². The minimum absolute atomic E-state index is 0.0630. The fourth-order valence-corrected chi connectivity index (χ4v) is 4.65. The summed E-state index contributed by atoms with van der Waals surface area (Å²) in [6.45, 7) is 2.13. The predicted octanol–water partition coefficient (Wildman–Crippen LogP) is 4.03. The maximum Gasteiger partial charge on any atom is 0.270 e. The molecule has 31 heavy (non-hydrogen) atoms. The van der Waals surface area contributed by atoms with Crippen molar-refractivity contribution in [3.8, 4) is 5.69 Å². The molecular weight excluding hydrogens is 416 g/mol. The number of carbonyl (C=O) groups is 1. The summed E-state index contributed by atoms with van der Waals surface area (Å²) in [6.07, 6.45) is 4.20. The first-order valence-corrected chi connectivity index (χ1v) is 11.0. The van der Waals surface area contributed by atoms with Gasteiger partial charge in [0, 0.05) is 23.1 Å². The zero-order chi connectivity index (χ0) is 21.8. The average Bonchev–Trinajstić information content (AvgIpc) is 3.24.